The number of phenols is 1. The van der Waals surface area contributed by atoms with Gasteiger partial charge in [0.25, 0.3) is 5.91 Å². The highest BCUT2D eigenvalue weighted by Gasteiger charge is 2.09. The Bertz CT molecular complexity index is 804. The van der Waals surface area contributed by atoms with Crippen LogP contribution in [0.25, 0.3) is 0 Å². The maximum Gasteiger partial charge on any atom is 0.258 e. The molecule has 0 spiro atoms. The lowest BCUT2D eigenvalue weighted by atomic mass is 10.2. The lowest BCUT2D eigenvalue weighted by Gasteiger charge is -2.07. The Kier molecular flexibility index (Phi) is 4.15. The maximum absolute atomic E-state index is 12.1. The van der Waals surface area contributed by atoms with Gasteiger partial charge in [-0.05, 0) is 24.3 Å². The number of amides is 1. The lowest BCUT2D eigenvalue weighted by molar-refractivity contribution is 0.102. The van der Waals surface area contributed by atoms with Gasteiger partial charge in [0, 0.05) is 18.1 Å². The van der Waals surface area contributed by atoms with Crippen molar-refractivity contribution >= 4 is 23.2 Å². The van der Waals surface area contributed by atoms with Crippen LogP contribution >= 0.6 is 0 Å². The summed E-state index contributed by atoms with van der Waals surface area (Å²) in [5, 5.41) is 15.3. The predicted octanol–water partition coefficient (Wildman–Crippen LogP) is 3.18. The number of benzene rings is 2. The van der Waals surface area contributed by atoms with E-state index in [-0.39, 0.29) is 5.75 Å². The zero-order chi connectivity index (χ0) is 16.1. The van der Waals surface area contributed by atoms with Crippen molar-refractivity contribution in [1.29, 1.82) is 0 Å². The molecule has 2 aromatic carbocycles. The lowest BCUT2D eigenvalue weighted by Crippen LogP contribution is -2.13. The second kappa shape index (κ2) is 6.57. The minimum atomic E-state index is -0.391. The van der Waals surface area contributed by atoms with Crippen LogP contribution in [0.15, 0.2) is 67.0 Å². The molecule has 0 aliphatic heterocycles. The Labute approximate surface area is 132 Å². The number of para-hydroxylation sites is 3. The Morgan fingerprint density at radius 1 is 0.913 bits per heavy atom. The average molecular weight is 306 g/mol. The molecule has 0 fully saturated rings. The molecule has 0 saturated heterocycles. The number of carbonyl (C=O) groups is 1. The van der Waals surface area contributed by atoms with Crippen LogP contribution in [0.5, 0.6) is 5.75 Å². The number of aromatic nitrogens is 2. The van der Waals surface area contributed by atoms with E-state index in [0.717, 1.165) is 5.69 Å². The number of aromatic hydroxyl groups is 1. The molecule has 0 aliphatic carbocycles. The molecule has 6 heteroatoms. The third-order valence-electron chi connectivity index (χ3n) is 3.10. The number of nitrogens with one attached hydrogen (secondary N) is 2. The normalized spacial score (nSPS) is 10.1. The summed E-state index contributed by atoms with van der Waals surface area (Å²) in [6.45, 7) is 0. The molecule has 23 heavy (non-hydrogen) atoms. The van der Waals surface area contributed by atoms with Crippen LogP contribution in [0.1, 0.15) is 10.4 Å². The standard InChI is InChI=1S/C17H14N4O2/c22-15-9-5-4-8-14(15)21-16(23)12-10-18-17(19-11-12)20-13-6-2-1-3-7-13/h1-11,22H,(H,21,23)(H,18,19,20). The van der Waals surface area contributed by atoms with E-state index in [1.165, 1.54) is 18.5 Å². The first-order valence-corrected chi connectivity index (χ1v) is 6.96. The highest BCUT2D eigenvalue weighted by Crippen LogP contribution is 2.22. The van der Waals surface area contributed by atoms with Gasteiger partial charge in [-0.2, -0.15) is 0 Å². The van der Waals surface area contributed by atoms with Crippen molar-refractivity contribution in [2.24, 2.45) is 0 Å². The molecule has 114 valence electrons. The maximum atomic E-state index is 12.1. The van der Waals surface area contributed by atoms with Gasteiger partial charge in [0.1, 0.15) is 5.75 Å². The van der Waals surface area contributed by atoms with Crippen molar-refractivity contribution in [3.63, 3.8) is 0 Å². The molecule has 0 unspecified atom stereocenters. The largest absolute Gasteiger partial charge is 0.506 e. The van der Waals surface area contributed by atoms with Crippen molar-refractivity contribution in [3.05, 3.63) is 72.6 Å². The Balaban J connectivity index is 1.69. The van der Waals surface area contributed by atoms with Gasteiger partial charge in [-0.3, -0.25) is 4.79 Å². The molecule has 3 N–H and O–H groups in total. The van der Waals surface area contributed by atoms with E-state index < -0.39 is 5.91 Å². The Morgan fingerprint density at radius 3 is 2.26 bits per heavy atom. The van der Waals surface area contributed by atoms with Gasteiger partial charge in [-0.1, -0.05) is 30.3 Å². The van der Waals surface area contributed by atoms with Crippen LogP contribution in [0, 0.1) is 0 Å². The number of nitrogens with zero attached hydrogens (tertiary/aromatic N) is 2. The molecule has 0 saturated carbocycles. The van der Waals surface area contributed by atoms with Gasteiger partial charge in [0.05, 0.1) is 11.3 Å². The minimum Gasteiger partial charge on any atom is -0.506 e. The molecular weight excluding hydrogens is 292 g/mol. The number of rotatable bonds is 4. The van der Waals surface area contributed by atoms with Crippen LogP contribution in [0.2, 0.25) is 0 Å². The smallest absolute Gasteiger partial charge is 0.258 e. The summed E-state index contributed by atoms with van der Waals surface area (Å²) in [7, 11) is 0. The quantitative estimate of drug-likeness (QED) is 0.644. The second-order valence-electron chi connectivity index (χ2n) is 4.76. The summed E-state index contributed by atoms with van der Waals surface area (Å²) in [6, 6.07) is 16.0. The molecular formula is C17H14N4O2. The van der Waals surface area contributed by atoms with E-state index >= 15 is 0 Å². The SMILES string of the molecule is O=C(Nc1ccccc1O)c1cnc(Nc2ccccc2)nc1. The molecule has 3 aromatic rings. The highest BCUT2D eigenvalue weighted by atomic mass is 16.3. The molecule has 1 heterocycles. The summed E-state index contributed by atoms with van der Waals surface area (Å²) in [5.74, 6) is 0.0113. The number of anilines is 3. The van der Waals surface area contributed by atoms with Gasteiger partial charge in [0.2, 0.25) is 5.95 Å². The predicted molar refractivity (Wildman–Crippen MR) is 87.8 cm³/mol. The topological polar surface area (TPSA) is 87.1 Å². The fraction of sp³-hybridized carbons (Fsp3) is 0. The first-order chi connectivity index (χ1) is 11.2. The first-order valence-electron chi connectivity index (χ1n) is 6.96. The molecule has 0 radical (unpaired) electrons. The van der Waals surface area contributed by atoms with Gasteiger partial charge >= 0.3 is 0 Å². The summed E-state index contributed by atoms with van der Waals surface area (Å²) in [6.07, 6.45) is 2.85. The molecule has 1 amide bonds. The van der Waals surface area contributed by atoms with Crippen molar-refractivity contribution in [2.45, 2.75) is 0 Å². The van der Waals surface area contributed by atoms with E-state index in [9.17, 15) is 9.90 Å². The summed E-state index contributed by atoms with van der Waals surface area (Å²) < 4.78 is 0. The zero-order valence-corrected chi connectivity index (χ0v) is 12.1. The third-order valence-corrected chi connectivity index (χ3v) is 3.10. The summed E-state index contributed by atoms with van der Waals surface area (Å²) >= 11 is 0. The second-order valence-corrected chi connectivity index (χ2v) is 4.76. The van der Waals surface area contributed by atoms with Crippen LogP contribution in [0.3, 0.4) is 0 Å². The first kappa shape index (κ1) is 14.5. The van der Waals surface area contributed by atoms with Gasteiger partial charge in [0.15, 0.2) is 0 Å². The molecule has 3 rings (SSSR count). The van der Waals surface area contributed by atoms with Gasteiger partial charge in [-0.25, -0.2) is 9.97 Å². The van der Waals surface area contributed by atoms with Crippen LogP contribution in [-0.2, 0) is 0 Å². The minimum absolute atomic E-state index is 0.00383. The van der Waals surface area contributed by atoms with Crippen LogP contribution in [0.4, 0.5) is 17.3 Å². The molecule has 6 nitrogen and oxygen atoms in total. The summed E-state index contributed by atoms with van der Waals surface area (Å²) in [5.41, 5.74) is 1.50. The van der Waals surface area contributed by atoms with Crippen molar-refractivity contribution in [3.8, 4) is 5.75 Å². The molecule has 1 aromatic heterocycles. The van der Waals surface area contributed by atoms with Crippen molar-refractivity contribution < 1.29 is 9.90 Å². The Hall–Kier alpha value is -3.41. The van der Waals surface area contributed by atoms with E-state index in [4.69, 9.17) is 0 Å². The fourth-order valence-corrected chi connectivity index (χ4v) is 1.93. The number of phenolic OH excluding ortho intramolecular Hbond substituents is 1. The monoisotopic (exact) mass is 306 g/mol. The molecule has 0 bridgehead atoms. The molecule has 0 atom stereocenters. The van der Waals surface area contributed by atoms with E-state index in [0.29, 0.717) is 17.2 Å². The highest BCUT2D eigenvalue weighted by molar-refractivity contribution is 6.04. The van der Waals surface area contributed by atoms with Crippen molar-refractivity contribution in [1.82, 2.24) is 9.97 Å². The van der Waals surface area contributed by atoms with E-state index in [2.05, 4.69) is 20.6 Å². The fourth-order valence-electron chi connectivity index (χ4n) is 1.93. The molecule has 0 aliphatic rings. The van der Waals surface area contributed by atoms with Crippen molar-refractivity contribution in [2.75, 3.05) is 10.6 Å². The number of carbonyl (C=O) groups excluding carboxylic acids is 1. The zero-order valence-electron chi connectivity index (χ0n) is 12.1. The van der Waals surface area contributed by atoms with E-state index in [1.807, 2.05) is 30.3 Å². The van der Waals surface area contributed by atoms with E-state index in [1.54, 1.807) is 18.2 Å². The van der Waals surface area contributed by atoms with Crippen LogP contribution < -0.4 is 10.6 Å². The summed E-state index contributed by atoms with van der Waals surface area (Å²) in [4.78, 5) is 20.3. The number of hydrogen-bond donors (Lipinski definition) is 3. The Morgan fingerprint density at radius 2 is 1.57 bits per heavy atom. The number of hydrogen-bond acceptors (Lipinski definition) is 5. The van der Waals surface area contributed by atoms with Gasteiger partial charge < -0.3 is 15.7 Å². The third kappa shape index (κ3) is 3.62. The van der Waals surface area contributed by atoms with Crippen LogP contribution in [-0.4, -0.2) is 21.0 Å². The van der Waals surface area contributed by atoms with Gasteiger partial charge in [-0.15, -0.1) is 0 Å². The average Bonchev–Trinajstić information content (AvgIpc) is 2.58.